The van der Waals surface area contributed by atoms with Gasteiger partial charge in [0.25, 0.3) is 0 Å². The van der Waals surface area contributed by atoms with E-state index >= 15 is 0 Å². The highest BCUT2D eigenvalue weighted by Gasteiger charge is 2.04. The minimum Gasteiger partial charge on any atom is -0.456 e. The van der Waals surface area contributed by atoms with Crippen LogP contribution in [0.1, 0.15) is 44.1 Å². The van der Waals surface area contributed by atoms with E-state index in [1.807, 2.05) is 18.2 Å². The van der Waals surface area contributed by atoms with Crippen LogP contribution in [-0.4, -0.2) is 10.1 Å². The molecule has 0 bridgehead atoms. The smallest absolute Gasteiger partial charge is 0.145 e. The van der Waals surface area contributed by atoms with E-state index in [1.165, 1.54) is 5.56 Å². The molecule has 19 heavy (non-hydrogen) atoms. The van der Waals surface area contributed by atoms with Crippen molar-refractivity contribution in [2.75, 3.05) is 0 Å². The number of rotatable bonds is 4. The third-order valence-electron chi connectivity index (χ3n) is 2.97. The van der Waals surface area contributed by atoms with Crippen molar-refractivity contribution < 1.29 is 9.84 Å². The van der Waals surface area contributed by atoms with Gasteiger partial charge in [0.2, 0.25) is 0 Å². The summed E-state index contributed by atoms with van der Waals surface area (Å²) in [5.41, 5.74) is 1.93. The summed E-state index contributed by atoms with van der Waals surface area (Å²) in [6, 6.07) is 11.6. The van der Waals surface area contributed by atoms with Gasteiger partial charge in [-0.3, -0.25) is 4.98 Å². The maximum atomic E-state index is 9.38. The van der Waals surface area contributed by atoms with Crippen molar-refractivity contribution in [3.8, 4) is 11.5 Å². The van der Waals surface area contributed by atoms with Crippen LogP contribution in [0.15, 0.2) is 42.6 Å². The number of pyridine rings is 1. The van der Waals surface area contributed by atoms with Gasteiger partial charge in [-0.2, -0.15) is 0 Å². The number of nitrogens with zero attached hydrogens (tertiary/aromatic N) is 1. The van der Waals surface area contributed by atoms with Gasteiger partial charge >= 0.3 is 0 Å². The van der Waals surface area contributed by atoms with E-state index < -0.39 is 6.10 Å². The fourth-order valence-corrected chi connectivity index (χ4v) is 1.76. The summed E-state index contributed by atoms with van der Waals surface area (Å²) in [6.07, 6.45) is 1.07. The second-order valence-corrected chi connectivity index (χ2v) is 4.92. The number of ether oxygens (including phenoxy) is 1. The summed E-state index contributed by atoms with van der Waals surface area (Å²) >= 11 is 0. The molecule has 0 fully saturated rings. The second kappa shape index (κ2) is 5.85. The van der Waals surface area contributed by atoms with Gasteiger partial charge in [0.1, 0.15) is 11.5 Å². The lowest BCUT2D eigenvalue weighted by Crippen LogP contribution is -1.95. The Hall–Kier alpha value is -1.87. The lowest BCUT2D eigenvalue weighted by Gasteiger charge is -2.09. The molecular weight excluding hydrogens is 238 g/mol. The summed E-state index contributed by atoms with van der Waals surface area (Å²) in [7, 11) is 0. The first-order valence-electron chi connectivity index (χ1n) is 6.48. The highest BCUT2D eigenvalue weighted by atomic mass is 16.5. The summed E-state index contributed by atoms with van der Waals surface area (Å²) < 4.78 is 5.70. The molecular formula is C16H19NO2. The highest BCUT2D eigenvalue weighted by Crippen LogP contribution is 2.24. The molecule has 0 amide bonds. The summed E-state index contributed by atoms with van der Waals surface area (Å²) in [5, 5.41) is 9.38. The SMILES string of the molecule is CC(C)c1ccc(Oc2ccc(C(C)O)nc2)cc1. The van der Waals surface area contributed by atoms with Crippen LogP contribution in [-0.2, 0) is 0 Å². The largest absolute Gasteiger partial charge is 0.456 e. The zero-order valence-electron chi connectivity index (χ0n) is 11.5. The van der Waals surface area contributed by atoms with Crippen LogP contribution in [0.3, 0.4) is 0 Å². The van der Waals surface area contributed by atoms with E-state index in [2.05, 4.69) is 31.0 Å². The van der Waals surface area contributed by atoms with Crippen molar-refractivity contribution in [1.82, 2.24) is 4.98 Å². The molecule has 1 unspecified atom stereocenters. The molecule has 1 N–H and O–H groups in total. The molecule has 1 atom stereocenters. The average Bonchev–Trinajstić information content (AvgIpc) is 2.40. The van der Waals surface area contributed by atoms with Crippen LogP contribution in [0.25, 0.3) is 0 Å². The summed E-state index contributed by atoms with van der Waals surface area (Å²) in [5.74, 6) is 1.97. The lowest BCUT2D eigenvalue weighted by atomic mass is 10.0. The zero-order chi connectivity index (χ0) is 13.8. The Morgan fingerprint density at radius 3 is 2.05 bits per heavy atom. The van der Waals surface area contributed by atoms with E-state index in [-0.39, 0.29) is 0 Å². The molecule has 0 saturated carbocycles. The molecule has 1 heterocycles. The van der Waals surface area contributed by atoms with Gasteiger partial charge in [-0.15, -0.1) is 0 Å². The summed E-state index contributed by atoms with van der Waals surface area (Å²) in [4.78, 5) is 4.15. The van der Waals surface area contributed by atoms with Crippen molar-refractivity contribution in [2.24, 2.45) is 0 Å². The molecule has 1 aromatic carbocycles. The topological polar surface area (TPSA) is 42.4 Å². The average molecular weight is 257 g/mol. The molecule has 2 rings (SSSR count). The Bertz CT molecular complexity index is 466. The Kier molecular flexibility index (Phi) is 4.17. The van der Waals surface area contributed by atoms with Crippen molar-refractivity contribution in [1.29, 1.82) is 0 Å². The fourth-order valence-electron chi connectivity index (χ4n) is 1.76. The van der Waals surface area contributed by atoms with Gasteiger partial charge in [0, 0.05) is 0 Å². The van der Waals surface area contributed by atoms with Crippen LogP contribution < -0.4 is 4.74 Å². The normalized spacial score (nSPS) is 12.5. The molecule has 2 aromatic rings. The van der Waals surface area contributed by atoms with Crippen LogP contribution in [0, 0.1) is 0 Å². The van der Waals surface area contributed by atoms with Crippen LogP contribution in [0.5, 0.6) is 11.5 Å². The predicted octanol–water partition coefficient (Wildman–Crippen LogP) is 4.05. The maximum absolute atomic E-state index is 9.38. The Morgan fingerprint density at radius 2 is 1.58 bits per heavy atom. The number of hydrogen-bond donors (Lipinski definition) is 1. The highest BCUT2D eigenvalue weighted by molar-refractivity contribution is 5.33. The van der Waals surface area contributed by atoms with Gasteiger partial charge in [0.15, 0.2) is 0 Å². The van der Waals surface area contributed by atoms with Crippen molar-refractivity contribution >= 4 is 0 Å². The van der Waals surface area contributed by atoms with Gasteiger partial charge in [-0.05, 0) is 42.7 Å². The second-order valence-electron chi connectivity index (χ2n) is 4.92. The molecule has 3 nitrogen and oxygen atoms in total. The monoisotopic (exact) mass is 257 g/mol. The molecule has 1 aromatic heterocycles. The van der Waals surface area contributed by atoms with Crippen molar-refractivity contribution in [3.63, 3.8) is 0 Å². The molecule has 100 valence electrons. The standard InChI is InChI=1S/C16H19NO2/c1-11(2)13-4-6-14(7-5-13)19-15-8-9-16(12(3)18)17-10-15/h4-12,18H,1-3H3. The van der Waals surface area contributed by atoms with Gasteiger partial charge in [0.05, 0.1) is 18.0 Å². The quantitative estimate of drug-likeness (QED) is 0.898. The van der Waals surface area contributed by atoms with Crippen LogP contribution >= 0.6 is 0 Å². The first kappa shape index (κ1) is 13.6. The van der Waals surface area contributed by atoms with E-state index in [4.69, 9.17) is 4.74 Å². The molecule has 0 aliphatic heterocycles. The number of benzene rings is 1. The molecule has 0 saturated heterocycles. The predicted molar refractivity (Wildman–Crippen MR) is 75.5 cm³/mol. The Labute approximate surface area is 113 Å². The number of aliphatic hydroxyl groups is 1. The molecule has 0 radical (unpaired) electrons. The maximum Gasteiger partial charge on any atom is 0.145 e. The first-order chi connectivity index (χ1) is 9.06. The molecule has 3 heteroatoms. The lowest BCUT2D eigenvalue weighted by molar-refractivity contribution is 0.194. The Balaban J connectivity index is 2.08. The zero-order valence-corrected chi connectivity index (χ0v) is 11.5. The van der Waals surface area contributed by atoms with Gasteiger partial charge < -0.3 is 9.84 Å². The van der Waals surface area contributed by atoms with Crippen molar-refractivity contribution in [2.45, 2.75) is 32.8 Å². The fraction of sp³-hybridized carbons (Fsp3) is 0.312. The minimum atomic E-state index is -0.556. The van der Waals surface area contributed by atoms with E-state index in [0.717, 1.165) is 5.75 Å². The van der Waals surface area contributed by atoms with Gasteiger partial charge in [-0.1, -0.05) is 26.0 Å². The van der Waals surface area contributed by atoms with Crippen molar-refractivity contribution in [3.05, 3.63) is 53.9 Å². The Morgan fingerprint density at radius 1 is 0.947 bits per heavy atom. The third-order valence-corrected chi connectivity index (χ3v) is 2.97. The van der Waals surface area contributed by atoms with E-state index in [0.29, 0.717) is 17.4 Å². The minimum absolute atomic E-state index is 0.515. The van der Waals surface area contributed by atoms with Gasteiger partial charge in [-0.25, -0.2) is 0 Å². The molecule has 0 aliphatic rings. The molecule has 0 spiro atoms. The van der Waals surface area contributed by atoms with Crippen LogP contribution in [0.2, 0.25) is 0 Å². The first-order valence-corrected chi connectivity index (χ1v) is 6.48. The third kappa shape index (κ3) is 3.55. The van der Waals surface area contributed by atoms with Crippen LogP contribution in [0.4, 0.5) is 0 Å². The number of hydrogen-bond acceptors (Lipinski definition) is 3. The van der Waals surface area contributed by atoms with E-state index in [1.54, 1.807) is 19.2 Å². The molecule has 0 aliphatic carbocycles. The summed E-state index contributed by atoms with van der Waals surface area (Å²) in [6.45, 7) is 6.01. The number of aromatic nitrogens is 1. The number of aliphatic hydroxyl groups excluding tert-OH is 1. The van der Waals surface area contributed by atoms with E-state index in [9.17, 15) is 5.11 Å².